The van der Waals surface area contributed by atoms with Crippen molar-refractivity contribution in [2.75, 3.05) is 5.32 Å². The zero-order valence-electron chi connectivity index (χ0n) is 12.1. The molecule has 0 radical (unpaired) electrons. The second-order valence-electron chi connectivity index (χ2n) is 5.05. The predicted molar refractivity (Wildman–Crippen MR) is 79.8 cm³/mol. The third-order valence-corrected chi connectivity index (χ3v) is 3.39. The van der Waals surface area contributed by atoms with E-state index >= 15 is 0 Å². The summed E-state index contributed by atoms with van der Waals surface area (Å²) in [5.41, 5.74) is 0.385. The number of aliphatic imine (C=N–C) groups is 1. The van der Waals surface area contributed by atoms with E-state index in [0.717, 1.165) is 12.1 Å². The van der Waals surface area contributed by atoms with Gasteiger partial charge in [-0.05, 0) is 30.3 Å². The quantitative estimate of drug-likeness (QED) is 0.870. The Bertz CT molecular complexity index is 897. The molecular formula is C16H9F3N4O. The first kappa shape index (κ1) is 15.7. The third-order valence-electron chi connectivity index (χ3n) is 3.39. The van der Waals surface area contributed by atoms with Crippen LogP contribution in [-0.2, 0) is 11.0 Å². The van der Waals surface area contributed by atoms with Crippen molar-refractivity contribution < 1.29 is 18.0 Å². The largest absolute Gasteiger partial charge is 0.416 e. The number of pyridine rings is 1. The number of rotatable bonds is 1. The first-order valence-corrected chi connectivity index (χ1v) is 6.82. The van der Waals surface area contributed by atoms with Crippen molar-refractivity contribution in [3.05, 3.63) is 53.3 Å². The second kappa shape index (κ2) is 5.77. The van der Waals surface area contributed by atoms with Gasteiger partial charge in [-0.25, -0.2) is 4.98 Å². The van der Waals surface area contributed by atoms with Crippen LogP contribution in [0.4, 0.5) is 24.5 Å². The summed E-state index contributed by atoms with van der Waals surface area (Å²) in [7, 11) is 0. The Morgan fingerprint density at radius 3 is 2.71 bits per heavy atom. The van der Waals surface area contributed by atoms with E-state index in [1.807, 2.05) is 6.07 Å². The monoisotopic (exact) mass is 330 g/mol. The zero-order valence-corrected chi connectivity index (χ0v) is 12.1. The molecule has 0 spiro atoms. The molecule has 120 valence electrons. The Kier molecular flexibility index (Phi) is 3.77. The van der Waals surface area contributed by atoms with Gasteiger partial charge >= 0.3 is 6.18 Å². The van der Waals surface area contributed by atoms with E-state index in [2.05, 4.69) is 15.3 Å². The molecule has 1 aliphatic heterocycles. The Morgan fingerprint density at radius 2 is 2.00 bits per heavy atom. The molecular weight excluding hydrogens is 321 g/mol. The van der Waals surface area contributed by atoms with Gasteiger partial charge < -0.3 is 5.32 Å². The summed E-state index contributed by atoms with van der Waals surface area (Å²) in [6.45, 7) is 0. The average Bonchev–Trinajstić information content (AvgIpc) is 2.71. The Labute approximate surface area is 134 Å². The molecule has 0 saturated carbocycles. The smallest absolute Gasteiger partial charge is 0.324 e. The van der Waals surface area contributed by atoms with Crippen LogP contribution in [0.5, 0.6) is 0 Å². The number of aromatic nitrogens is 1. The number of hydrogen-bond donors (Lipinski definition) is 1. The summed E-state index contributed by atoms with van der Waals surface area (Å²) < 4.78 is 38.4. The average molecular weight is 330 g/mol. The van der Waals surface area contributed by atoms with Crippen molar-refractivity contribution in [3.63, 3.8) is 0 Å². The van der Waals surface area contributed by atoms with E-state index in [1.54, 1.807) is 6.07 Å². The molecule has 0 fully saturated rings. The predicted octanol–water partition coefficient (Wildman–Crippen LogP) is 3.44. The van der Waals surface area contributed by atoms with Crippen LogP contribution in [-0.4, -0.2) is 16.6 Å². The number of halogens is 3. The number of amides is 1. The molecule has 5 nitrogen and oxygen atoms in total. The molecule has 8 heteroatoms. The SMILES string of the molecule is N#Cc1cc(C2=Nc3ccc(C(F)(F)F)cc3NC(=O)C2)ccn1. The lowest BCUT2D eigenvalue weighted by Crippen LogP contribution is -2.15. The molecule has 0 saturated heterocycles. The lowest BCUT2D eigenvalue weighted by Gasteiger charge is -2.10. The topological polar surface area (TPSA) is 78.1 Å². The van der Waals surface area contributed by atoms with Crippen LogP contribution in [0.3, 0.4) is 0 Å². The maximum absolute atomic E-state index is 12.8. The van der Waals surface area contributed by atoms with Gasteiger partial charge in [0, 0.05) is 11.8 Å². The fourth-order valence-corrected chi connectivity index (χ4v) is 2.28. The highest BCUT2D eigenvalue weighted by molar-refractivity contribution is 6.16. The molecule has 0 unspecified atom stereocenters. The number of alkyl halides is 3. The van der Waals surface area contributed by atoms with Crippen LogP contribution in [0.25, 0.3) is 0 Å². The van der Waals surface area contributed by atoms with Gasteiger partial charge in [-0.15, -0.1) is 0 Å². The summed E-state index contributed by atoms with van der Waals surface area (Å²) in [5, 5.41) is 11.3. The molecule has 1 aromatic carbocycles. The summed E-state index contributed by atoms with van der Waals surface area (Å²) in [4.78, 5) is 20.1. The zero-order chi connectivity index (χ0) is 17.3. The van der Waals surface area contributed by atoms with Gasteiger partial charge in [0.05, 0.1) is 29.1 Å². The van der Waals surface area contributed by atoms with Gasteiger partial charge in [-0.3, -0.25) is 9.79 Å². The molecule has 1 N–H and O–H groups in total. The van der Waals surface area contributed by atoms with E-state index in [0.29, 0.717) is 11.3 Å². The third kappa shape index (κ3) is 3.10. The van der Waals surface area contributed by atoms with E-state index in [9.17, 15) is 18.0 Å². The van der Waals surface area contributed by atoms with Crippen LogP contribution in [0.15, 0.2) is 41.5 Å². The van der Waals surface area contributed by atoms with Crippen molar-refractivity contribution in [2.24, 2.45) is 4.99 Å². The summed E-state index contributed by atoms with van der Waals surface area (Å²) in [6, 6.07) is 7.91. The van der Waals surface area contributed by atoms with Gasteiger partial charge in [-0.2, -0.15) is 18.4 Å². The normalized spacial score (nSPS) is 14.1. The van der Waals surface area contributed by atoms with Crippen LogP contribution in [0, 0.1) is 11.3 Å². The van der Waals surface area contributed by atoms with Crippen molar-refractivity contribution in [2.45, 2.75) is 12.6 Å². The molecule has 2 aromatic rings. The molecule has 24 heavy (non-hydrogen) atoms. The van der Waals surface area contributed by atoms with Crippen LogP contribution in [0.1, 0.15) is 23.2 Å². The van der Waals surface area contributed by atoms with Gasteiger partial charge in [-0.1, -0.05) is 0 Å². The number of fused-ring (bicyclic) bond motifs is 1. The lowest BCUT2D eigenvalue weighted by molar-refractivity contribution is -0.137. The highest BCUT2D eigenvalue weighted by Crippen LogP contribution is 2.36. The van der Waals surface area contributed by atoms with E-state index in [-0.39, 0.29) is 23.5 Å². The molecule has 2 heterocycles. The minimum Gasteiger partial charge on any atom is -0.324 e. The minimum absolute atomic E-state index is 0.000567. The minimum atomic E-state index is -4.51. The standard InChI is InChI=1S/C16H9F3N4O/c17-16(18,19)10-1-2-12-14(6-10)23-15(24)7-13(22-12)9-3-4-21-11(5-9)8-20/h1-6H,7H2,(H,23,24). The number of nitrogens with one attached hydrogen (secondary N) is 1. The number of nitriles is 1. The molecule has 0 aliphatic carbocycles. The Hall–Kier alpha value is -3.21. The first-order chi connectivity index (χ1) is 11.4. The number of carbonyl (C=O) groups excluding carboxylic acids is 1. The number of nitrogens with zero attached hydrogens (tertiary/aromatic N) is 3. The maximum Gasteiger partial charge on any atom is 0.416 e. The summed E-state index contributed by atoms with van der Waals surface area (Å²) in [6.07, 6.45) is -3.22. The number of anilines is 1. The Morgan fingerprint density at radius 1 is 1.21 bits per heavy atom. The van der Waals surface area contributed by atoms with Crippen molar-refractivity contribution >= 4 is 23.0 Å². The number of hydrogen-bond acceptors (Lipinski definition) is 4. The lowest BCUT2D eigenvalue weighted by atomic mass is 10.1. The molecule has 0 atom stereocenters. The second-order valence-corrected chi connectivity index (χ2v) is 5.05. The van der Waals surface area contributed by atoms with Crippen molar-refractivity contribution in [3.8, 4) is 6.07 Å². The van der Waals surface area contributed by atoms with Crippen LogP contribution >= 0.6 is 0 Å². The first-order valence-electron chi connectivity index (χ1n) is 6.82. The van der Waals surface area contributed by atoms with E-state index in [1.165, 1.54) is 18.3 Å². The molecule has 1 aliphatic rings. The van der Waals surface area contributed by atoms with Crippen molar-refractivity contribution in [1.82, 2.24) is 4.98 Å². The van der Waals surface area contributed by atoms with E-state index in [4.69, 9.17) is 5.26 Å². The fraction of sp³-hybridized carbons (Fsp3) is 0.125. The fourth-order valence-electron chi connectivity index (χ4n) is 2.28. The van der Waals surface area contributed by atoms with E-state index < -0.39 is 17.6 Å². The van der Waals surface area contributed by atoms with Gasteiger partial charge in [0.2, 0.25) is 5.91 Å². The number of carbonyl (C=O) groups is 1. The number of benzene rings is 1. The van der Waals surface area contributed by atoms with Crippen LogP contribution < -0.4 is 5.32 Å². The highest BCUT2D eigenvalue weighted by atomic mass is 19.4. The Balaban J connectivity index is 2.09. The molecule has 1 amide bonds. The van der Waals surface area contributed by atoms with Crippen molar-refractivity contribution in [1.29, 1.82) is 5.26 Å². The molecule has 3 rings (SSSR count). The van der Waals surface area contributed by atoms with Gasteiger partial charge in [0.25, 0.3) is 0 Å². The van der Waals surface area contributed by atoms with Gasteiger partial charge in [0.15, 0.2) is 0 Å². The van der Waals surface area contributed by atoms with Crippen LogP contribution in [0.2, 0.25) is 0 Å². The molecule has 0 bridgehead atoms. The summed E-state index contributed by atoms with van der Waals surface area (Å²) in [5.74, 6) is -0.484. The highest BCUT2D eigenvalue weighted by Gasteiger charge is 2.31. The van der Waals surface area contributed by atoms with Gasteiger partial charge in [0.1, 0.15) is 11.8 Å². The summed E-state index contributed by atoms with van der Waals surface area (Å²) >= 11 is 0. The molecule has 1 aromatic heterocycles. The maximum atomic E-state index is 12.8.